The van der Waals surface area contributed by atoms with E-state index in [0.717, 1.165) is 31.9 Å². The zero-order valence-electron chi connectivity index (χ0n) is 13.4. The molecule has 0 spiro atoms. The number of benzene rings is 1. The molecule has 1 heterocycles. The van der Waals surface area contributed by atoms with Crippen molar-refractivity contribution in [3.05, 3.63) is 29.3 Å². The monoisotopic (exact) mass is 277 g/mol. The van der Waals surface area contributed by atoms with Crippen LogP contribution >= 0.6 is 0 Å². The number of ether oxygens (including phenoxy) is 2. The van der Waals surface area contributed by atoms with Crippen molar-refractivity contribution in [2.45, 2.75) is 58.8 Å². The lowest BCUT2D eigenvalue weighted by atomic mass is 10.00. The zero-order valence-corrected chi connectivity index (χ0v) is 13.4. The number of hydrogen-bond acceptors (Lipinski definition) is 3. The Balaban J connectivity index is 1.90. The van der Waals surface area contributed by atoms with Crippen molar-refractivity contribution in [1.82, 2.24) is 5.32 Å². The Morgan fingerprint density at radius 3 is 2.80 bits per heavy atom. The second-order valence-corrected chi connectivity index (χ2v) is 6.78. The Kier molecular flexibility index (Phi) is 4.40. The van der Waals surface area contributed by atoms with Crippen LogP contribution in [0.3, 0.4) is 0 Å². The number of nitrogens with one attached hydrogen (secondary N) is 1. The summed E-state index contributed by atoms with van der Waals surface area (Å²) in [6.07, 6.45) is 0.987. The van der Waals surface area contributed by atoms with Gasteiger partial charge in [-0.05, 0) is 51.8 Å². The maximum Gasteiger partial charge on any atom is 0.123 e. The molecule has 0 bridgehead atoms. The molecule has 1 aromatic rings. The van der Waals surface area contributed by atoms with Gasteiger partial charge in [0.1, 0.15) is 11.4 Å². The fourth-order valence-electron chi connectivity index (χ4n) is 2.72. The molecular weight excluding hydrogens is 250 g/mol. The molecule has 1 N–H and O–H groups in total. The minimum atomic E-state index is -0.115. The third-order valence-corrected chi connectivity index (χ3v) is 3.54. The maximum atomic E-state index is 5.90. The van der Waals surface area contributed by atoms with Crippen LogP contribution in [0.2, 0.25) is 0 Å². The first-order valence-electron chi connectivity index (χ1n) is 7.47. The van der Waals surface area contributed by atoms with Gasteiger partial charge in [0, 0.05) is 26.1 Å². The fourth-order valence-corrected chi connectivity index (χ4v) is 2.72. The summed E-state index contributed by atoms with van der Waals surface area (Å²) in [6, 6.07) is 6.49. The van der Waals surface area contributed by atoms with Gasteiger partial charge in [-0.25, -0.2) is 0 Å². The van der Waals surface area contributed by atoms with Crippen molar-refractivity contribution in [2.75, 3.05) is 13.2 Å². The van der Waals surface area contributed by atoms with Gasteiger partial charge >= 0.3 is 0 Å². The summed E-state index contributed by atoms with van der Waals surface area (Å²) in [6.45, 7) is 13.0. The van der Waals surface area contributed by atoms with Gasteiger partial charge < -0.3 is 14.8 Å². The van der Waals surface area contributed by atoms with Crippen LogP contribution < -0.4 is 10.1 Å². The van der Waals surface area contributed by atoms with Crippen LogP contribution in [0, 0.1) is 0 Å². The first kappa shape index (κ1) is 15.3. The van der Waals surface area contributed by atoms with Crippen molar-refractivity contribution in [3.63, 3.8) is 0 Å². The molecule has 0 saturated heterocycles. The summed E-state index contributed by atoms with van der Waals surface area (Å²) in [5, 5.41) is 3.47. The topological polar surface area (TPSA) is 30.5 Å². The molecule has 112 valence electrons. The average Bonchev–Trinajstić information content (AvgIpc) is 2.61. The molecule has 0 radical (unpaired) electrons. The molecule has 1 aromatic carbocycles. The van der Waals surface area contributed by atoms with E-state index >= 15 is 0 Å². The van der Waals surface area contributed by atoms with Crippen LogP contribution in [0.15, 0.2) is 18.2 Å². The number of fused-ring (bicyclic) bond motifs is 1. The van der Waals surface area contributed by atoms with E-state index in [-0.39, 0.29) is 11.2 Å². The van der Waals surface area contributed by atoms with Crippen LogP contribution in [0.1, 0.15) is 45.7 Å². The Hall–Kier alpha value is -1.06. The van der Waals surface area contributed by atoms with Gasteiger partial charge in [0.05, 0.1) is 5.60 Å². The molecule has 0 atom stereocenters. The van der Waals surface area contributed by atoms with Crippen molar-refractivity contribution in [2.24, 2.45) is 0 Å². The predicted octanol–water partition coefficient (Wildman–Crippen LogP) is 3.30. The largest absolute Gasteiger partial charge is 0.487 e. The highest BCUT2D eigenvalue weighted by atomic mass is 16.5. The molecule has 0 unspecified atom stereocenters. The highest BCUT2D eigenvalue weighted by Crippen LogP contribution is 2.35. The lowest BCUT2D eigenvalue weighted by Gasteiger charge is -2.25. The first-order valence-corrected chi connectivity index (χ1v) is 7.47. The van der Waals surface area contributed by atoms with Crippen molar-refractivity contribution < 1.29 is 9.47 Å². The fraction of sp³-hybridized carbons (Fsp3) is 0.647. The van der Waals surface area contributed by atoms with Crippen LogP contribution in [0.5, 0.6) is 5.75 Å². The van der Waals surface area contributed by atoms with E-state index < -0.39 is 0 Å². The lowest BCUT2D eigenvalue weighted by Crippen LogP contribution is -2.37. The van der Waals surface area contributed by atoms with E-state index in [1.54, 1.807) is 0 Å². The summed E-state index contributed by atoms with van der Waals surface area (Å²) in [5.41, 5.74) is 2.44. The van der Waals surface area contributed by atoms with E-state index in [0.29, 0.717) is 0 Å². The predicted molar refractivity (Wildman–Crippen MR) is 82.3 cm³/mol. The van der Waals surface area contributed by atoms with Gasteiger partial charge in [0.25, 0.3) is 0 Å². The molecule has 1 aliphatic rings. The van der Waals surface area contributed by atoms with E-state index in [9.17, 15) is 0 Å². The summed E-state index contributed by atoms with van der Waals surface area (Å²) in [4.78, 5) is 0. The van der Waals surface area contributed by atoms with E-state index in [4.69, 9.17) is 9.47 Å². The summed E-state index contributed by atoms with van der Waals surface area (Å²) in [5.74, 6) is 1.04. The molecule has 0 fully saturated rings. The second-order valence-electron chi connectivity index (χ2n) is 6.78. The first-order chi connectivity index (χ1) is 9.31. The normalized spacial score (nSPS) is 16.9. The van der Waals surface area contributed by atoms with Crippen LogP contribution in [0.4, 0.5) is 0 Å². The molecule has 0 aromatic heterocycles. The van der Waals surface area contributed by atoms with Gasteiger partial charge in [0.15, 0.2) is 0 Å². The molecule has 3 heteroatoms. The van der Waals surface area contributed by atoms with Crippen LogP contribution in [-0.2, 0) is 17.7 Å². The molecule has 2 rings (SSSR count). The van der Waals surface area contributed by atoms with Gasteiger partial charge in [-0.2, -0.15) is 0 Å². The molecule has 0 saturated carbocycles. The van der Waals surface area contributed by atoms with E-state index in [1.807, 2.05) is 6.92 Å². The number of rotatable bonds is 6. The highest BCUT2D eigenvalue weighted by molar-refractivity contribution is 5.41. The van der Waals surface area contributed by atoms with Gasteiger partial charge in [-0.3, -0.25) is 0 Å². The van der Waals surface area contributed by atoms with Gasteiger partial charge in [0.2, 0.25) is 0 Å². The molecule has 0 amide bonds. The van der Waals surface area contributed by atoms with Crippen LogP contribution in [-0.4, -0.2) is 24.4 Å². The Bertz CT molecular complexity index is 466. The van der Waals surface area contributed by atoms with Crippen molar-refractivity contribution in [3.8, 4) is 5.75 Å². The minimum Gasteiger partial charge on any atom is -0.487 e. The SMILES string of the molecule is CCOC(C)(C)CNCc1ccc2c(c1)CC(C)(C)O2. The lowest BCUT2D eigenvalue weighted by molar-refractivity contribution is -0.00897. The average molecular weight is 277 g/mol. The number of hydrogen-bond donors (Lipinski definition) is 1. The van der Waals surface area contributed by atoms with Crippen LogP contribution in [0.25, 0.3) is 0 Å². The van der Waals surface area contributed by atoms with Crippen molar-refractivity contribution in [1.29, 1.82) is 0 Å². The minimum absolute atomic E-state index is 0.0641. The molecule has 0 aliphatic carbocycles. The summed E-state index contributed by atoms with van der Waals surface area (Å²) < 4.78 is 11.6. The summed E-state index contributed by atoms with van der Waals surface area (Å²) in [7, 11) is 0. The molecule has 1 aliphatic heterocycles. The maximum absolute atomic E-state index is 5.90. The summed E-state index contributed by atoms with van der Waals surface area (Å²) >= 11 is 0. The van der Waals surface area contributed by atoms with E-state index in [2.05, 4.69) is 51.2 Å². The third kappa shape index (κ3) is 3.97. The molecule has 3 nitrogen and oxygen atoms in total. The van der Waals surface area contributed by atoms with E-state index in [1.165, 1.54) is 11.1 Å². The zero-order chi connectivity index (χ0) is 14.8. The van der Waals surface area contributed by atoms with Gasteiger partial charge in [-0.15, -0.1) is 0 Å². The molecular formula is C17H27NO2. The van der Waals surface area contributed by atoms with Gasteiger partial charge in [-0.1, -0.05) is 12.1 Å². The Morgan fingerprint density at radius 1 is 1.35 bits per heavy atom. The second kappa shape index (κ2) is 5.74. The smallest absolute Gasteiger partial charge is 0.123 e. The highest BCUT2D eigenvalue weighted by Gasteiger charge is 2.29. The Labute approximate surface area is 122 Å². The third-order valence-electron chi connectivity index (χ3n) is 3.54. The quantitative estimate of drug-likeness (QED) is 0.865. The molecule has 20 heavy (non-hydrogen) atoms. The standard InChI is InChI=1S/C17H27NO2/c1-6-19-17(4,5)12-18-11-13-7-8-15-14(9-13)10-16(2,3)20-15/h7-9,18H,6,10-12H2,1-5H3. The Morgan fingerprint density at radius 2 is 2.10 bits per heavy atom. The van der Waals surface area contributed by atoms with Crippen molar-refractivity contribution >= 4 is 0 Å².